The van der Waals surface area contributed by atoms with Crippen molar-refractivity contribution in [3.05, 3.63) is 35.9 Å². The molecule has 1 aromatic rings. The van der Waals surface area contributed by atoms with Crippen molar-refractivity contribution < 1.29 is 19.2 Å². The SMILES string of the molecule is CCC(C)(C)C(=O)OCCC(=O)O/N=C(\C)c1ccccc1. The number of benzene rings is 1. The van der Waals surface area contributed by atoms with E-state index in [1.165, 1.54) is 0 Å². The van der Waals surface area contributed by atoms with Crippen LogP contribution >= 0.6 is 0 Å². The van der Waals surface area contributed by atoms with Crippen molar-refractivity contribution in [1.82, 2.24) is 0 Å². The van der Waals surface area contributed by atoms with Gasteiger partial charge in [0.2, 0.25) is 0 Å². The summed E-state index contributed by atoms with van der Waals surface area (Å²) in [5, 5.41) is 3.78. The highest BCUT2D eigenvalue weighted by Crippen LogP contribution is 2.21. The molecule has 0 spiro atoms. The molecule has 0 atom stereocenters. The van der Waals surface area contributed by atoms with Crippen LogP contribution in [0.5, 0.6) is 0 Å². The lowest BCUT2D eigenvalue weighted by Crippen LogP contribution is -2.26. The Morgan fingerprint density at radius 3 is 2.41 bits per heavy atom. The summed E-state index contributed by atoms with van der Waals surface area (Å²) in [6.07, 6.45) is 0.661. The second-order valence-corrected chi connectivity index (χ2v) is 5.63. The molecule has 0 heterocycles. The molecule has 5 nitrogen and oxygen atoms in total. The smallest absolute Gasteiger partial charge is 0.338 e. The summed E-state index contributed by atoms with van der Waals surface area (Å²) in [5.41, 5.74) is 0.955. The van der Waals surface area contributed by atoms with E-state index in [9.17, 15) is 9.59 Å². The number of carbonyl (C=O) groups is 2. The van der Waals surface area contributed by atoms with Gasteiger partial charge in [0.1, 0.15) is 6.61 Å². The van der Waals surface area contributed by atoms with E-state index < -0.39 is 11.4 Å². The summed E-state index contributed by atoms with van der Waals surface area (Å²) < 4.78 is 5.07. The van der Waals surface area contributed by atoms with Crippen molar-refractivity contribution in [3.63, 3.8) is 0 Å². The molecule has 0 bridgehead atoms. The second-order valence-electron chi connectivity index (χ2n) is 5.63. The minimum Gasteiger partial charge on any atom is -0.465 e. The Bertz CT molecular complexity index is 535. The molecule has 0 aromatic heterocycles. The summed E-state index contributed by atoms with van der Waals surface area (Å²) in [5.74, 6) is -0.843. The number of ether oxygens (including phenoxy) is 1. The Morgan fingerprint density at radius 1 is 1.18 bits per heavy atom. The highest BCUT2D eigenvalue weighted by atomic mass is 16.7. The van der Waals surface area contributed by atoms with Gasteiger partial charge in [0.15, 0.2) is 0 Å². The Morgan fingerprint density at radius 2 is 1.82 bits per heavy atom. The zero-order chi connectivity index (χ0) is 16.6. The zero-order valence-electron chi connectivity index (χ0n) is 13.6. The lowest BCUT2D eigenvalue weighted by Gasteiger charge is -2.19. The summed E-state index contributed by atoms with van der Waals surface area (Å²) in [6.45, 7) is 7.28. The molecule has 0 radical (unpaired) electrons. The van der Waals surface area contributed by atoms with E-state index in [1.807, 2.05) is 37.3 Å². The first-order valence-electron chi connectivity index (χ1n) is 7.34. The summed E-state index contributed by atoms with van der Waals surface area (Å²) in [7, 11) is 0. The van der Waals surface area contributed by atoms with Gasteiger partial charge in [-0.05, 0) is 32.8 Å². The van der Waals surface area contributed by atoms with Gasteiger partial charge >= 0.3 is 11.9 Å². The third-order valence-corrected chi connectivity index (χ3v) is 3.45. The van der Waals surface area contributed by atoms with E-state index >= 15 is 0 Å². The first-order chi connectivity index (χ1) is 10.4. The molecule has 0 fully saturated rings. The Hall–Kier alpha value is -2.17. The molecule has 0 aliphatic heterocycles. The van der Waals surface area contributed by atoms with Gasteiger partial charge < -0.3 is 9.57 Å². The number of nitrogens with zero attached hydrogens (tertiary/aromatic N) is 1. The molecule has 22 heavy (non-hydrogen) atoms. The standard InChI is InChI=1S/C17H23NO4/c1-5-17(3,4)16(20)21-12-11-15(19)22-18-13(2)14-9-7-6-8-10-14/h6-10H,5,11-12H2,1-4H3/b18-13+. The van der Waals surface area contributed by atoms with E-state index in [-0.39, 0.29) is 19.0 Å². The molecule has 0 unspecified atom stereocenters. The Kier molecular flexibility index (Phi) is 6.76. The molecule has 5 heteroatoms. The lowest BCUT2D eigenvalue weighted by atomic mass is 9.91. The molecular weight excluding hydrogens is 282 g/mol. The average molecular weight is 305 g/mol. The fourth-order valence-corrected chi connectivity index (χ4v) is 1.46. The number of esters is 1. The summed E-state index contributed by atoms with van der Waals surface area (Å²) in [6, 6.07) is 9.41. The fraction of sp³-hybridized carbons (Fsp3) is 0.471. The Labute approximate surface area is 131 Å². The zero-order valence-corrected chi connectivity index (χ0v) is 13.6. The molecular formula is C17H23NO4. The van der Waals surface area contributed by atoms with Crippen molar-refractivity contribution in [1.29, 1.82) is 0 Å². The van der Waals surface area contributed by atoms with E-state index in [4.69, 9.17) is 9.57 Å². The van der Waals surface area contributed by atoms with Gasteiger partial charge in [0.05, 0.1) is 17.5 Å². The van der Waals surface area contributed by atoms with Crippen LogP contribution in [-0.4, -0.2) is 24.3 Å². The second kappa shape index (κ2) is 8.32. The van der Waals surface area contributed by atoms with E-state index in [0.717, 1.165) is 5.56 Å². The van der Waals surface area contributed by atoms with E-state index in [0.29, 0.717) is 12.1 Å². The maximum absolute atomic E-state index is 11.7. The van der Waals surface area contributed by atoms with E-state index in [2.05, 4.69) is 5.16 Å². The van der Waals surface area contributed by atoms with Crippen LogP contribution in [-0.2, 0) is 19.2 Å². The molecule has 0 amide bonds. The van der Waals surface area contributed by atoms with Gasteiger partial charge in [-0.25, -0.2) is 4.79 Å². The first-order valence-corrected chi connectivity index (χ1v) is 7.34. The minimum absolute atomic E-state index is 0.000993. The summed E-state index contributed by atoms with van der Waals surface area (Å²) in [4.78, 5) is 28.1. The quantitative estimate of drug-likeness (QED) is 0.335. The normalized spacial score (nSPS) is 11.9. The molecule has 1 aromatic carbocycles. The Balaban J connectivity index is 2.37. The van der Waals surface area contributed by atoms with Crippen LogP contribution in [0.15, 0.2) is 35.5 Å². The monoisotopic (exact) mass is 305 g/mol. The number of oxime groups is 1. The maximum atomic E-state index is 11.7. The molecule has 0 N–H and O–H groups in total. The number of hydrogen-bond acceptors (Lipinski definition) is 5. The van der Waals surface area contributed by atoms with Crippen molar-refractivity contribution in [2.24, 2.45) is 10.6 Å². The average Bonchev–Trinajstić information content (AvgIpc) is 2.53. The highest BCUT2D eigenvalue weighted by Gasteiger charge is 2.27. The first kappa shape index (κ1) is 17.9. The third-order valence-electron chi connectivity index (χ3n) is 3.45. The number of hydrogen-bond donors (Lipinski definition) is 0. The molecule has 0 aliphatic carbocycles. The fourth-order valence-electron chi connectivity index (χ4n) is 1.46. The largest absolute Gasteiger partial charge is 0.465 e. The van der Waals surface area contributed by atoms with Gasteiger partial charge in [0, 0.05) is 0 Å². The molecule has 1 rings (SSSR count). The molecule has 120 valence electrons. The van der Waals surface area contributed by atoms with Crippen LogP contribution in [0.25, 0.3) is 0 Å². The van der Waals surface area contributed by atoms with Gasteiger partial charge in [-0.1, -0.05) is 42.4 Å². The predicted octanol–water partition coefficient (Wildman–Crippen LogP) is 3.32. The van der Waals surface area contributed by atoms with Gasteiger partial charge in [0.25, 0.3) is 0 Å². The number of carbonyl (C=O) groups excluding carboxylic acids is 2. The van der Waals surface area contributed by atoms with Crippen LogP contribution in [0.4, 0.5) is 0 Å². The van der Waals surface area contributed by atoms with Crippen LogP contribution < -0.4 is 0 Å². The predicted molar refractivity (Wildman–Crippen MR) is 84.4 cm³/mol. The van der Waals surface area contributed by atoms with Crippen LogP contribution in [0.3, 0.4) is 0 Å². The highest BCUT2D eigenvalue weighted by molar-refractivity contribution is 5.98. The van der Waals surface area contributed by atoms with E-state index in [1.54, 1.807) is 20.8 Å². The third kappa shape index (κ3) is 5.68. The molecule has 0 saturated carbocycles. The van der Waals surface area contributed by atoms with Crippen LogP contribution in [0, 0.1) is 5.41 Å². The summed E-state index contributed by atoms with van der Waals surface area (Å²) >= 11 is 0. The molecule has 0 aliphatic rings. The maximum Gasteiger partial charge on any atom is 0.338 e. The lowest BCUT2D eigenvalue weighted by molar-refractivity contribution is -0.156. The van der Waals surface area contributed by atoms with Crippen molar-refractivity contribution >= 4 is 17.7 Å². The minimum atomic E-state index is -0.536. The van der Waals surface area contributed by atoms with Crippen molar-refractivity contribution in [2.45, 2.75) is 40.5 Å². The van der Waals surface area contributed by atoms with Crippen molar-refractivity contribution in [3.8, 4) is 0 Å². The number of rotatable bonds is 7. The topological polar surface area (TPSA) is 65.0 Å². The van der Waals surface area contributed by atoms with Gasteiger partial charge in [-0.2, -0.15) is 0 Å². The van der Waals surface area contributed by atoms with Gasteiger partial charge in [-0.15, -0.1) is 0 Å². The van der Waals surface area contributed by atoms with Crippen LogP contribution in [0.1, 0.15) is 46.1 Å². The van der Waals surface area contributed by atoms with Gasteiger partial charge in [-0.3, -0.25) is 4.79 Å². The van der Waals surface area contributed by atoms with Crippen LogP contribution in [0.2, 0.25) is 0 Å². The molecule has 0 saturated heterocycles. The van der Waals surface area contributed by atoms with Crippen molar-refractivity contribution in [2.75, 3.05) is 6.61 Å².